The zero-order chi connectivity index (χ0) is 16.8. The number of nitrogens with two attached hydrogens (primary N) is 1. The molecule has 3 aromatic rings. The highest BCUT2D eigenvalue weighted by molar-refractivity contribution is 5.95. The zero-order valence-corrected chi connectivity index (χ0v) is 12.7. The molecule has 0 aliphatic heterocycles. The Kier molecular flexibility index (Phi) is 3.03. The van der Waals surface area contributed by atoms with Gasteiger partial charge in [0.2, 0.25) is 5.91 Å². The molecule has 2 aromatic heterocycles. The number of hydrogen-bond donors (Lipinski definition) is 2. The second kappa shape index (κ2) is 4.99. The maximum atomic E-state index is 13.4. The van der Waals surface area contributed by atoms with Crippen molar-refractivity contribution in [2.45, 2.75) is 17.3 Å². The van der Waals surface area contributed by atoms with Crippen LogP contribution in [-0.2, 0) is 15.6 Å². The van der Waals surface area contributed by atoms with Gasteiger partial charge < -0.3 is 5.73 Å². The van der Waals surface area contributed by atoms with Crippen LogP contribution in [0.3, 0.4) is 0 Å². The van der Waals surface area contributed by atoms with Crippen molar-refractivity contribution in [2.75, 3.05) is 0 Å². The average Bonchev–Trinajstić information content (AvgIpc) is 3.02. The summed E-state index contributed by atoms with van der Waals surface area (Å²) in [6.45, 7) is 0. The maximum absolute atomic E-state index is 13.4. The number of primary amides is 1. The van der Waals surface area contributed by atoms with Crippen LogP contribution in [0.2, 0.25) is 0 Å². The van der Waals surface area contributed by atoms with Gasteiger partial charge in [-0.3, -0.25) is 14.9 Å². The number of H-pyrrole nitrogens is 1. The van der Waals surface area contributed by atoms with Crippen molar-refractivity contribution < 1.29 is 9.18 Å². The highest BCUT2D eigenvalue weighted by atomic mass is 19.1. The van der Waals surface area contributed by atoms with Crippen LogP contribution >= 0.6 is 0 Å². The first kappa shape index (κ1) is 14.6. The first-order valence-corrected chi connectivity index (χ1v) is 7.58. The smallest absolute Gasteiger partial charge is 0.230 e. The fourth-order valence-corrected chi connectivity index (χ4v) is 3.78. The third-order valence-electron chi connectivity index (χ3n) is 4.98. The number of halogens is 1. The van der Waals surface area contributed by atoms with Gasteiger partial charge >= 0.3 is 0 Å². The molecule has 5 nitrogen and oxygen atoms in total. The Bertz CT molecular complexity index is 879. The van der Waals surface area contributed by atoms with Crippen LogP contribution in [0.5, 0.6) is 0 Å². The number of amides is 1. The fourth-order valence-electron chi connectivity index (χ4n) is 3.78. The van der Waals surface area contributed by atoms with Gasteiger partial charge in [-0.05, 0) is 36.2 Å². The number of nitrogens with one attached hydrogen (secondary N) is 1. The van der Waals surface area contributed by atoms with E-state index in [9.17, 15) is 9.18 Å². The predicted octanol–water partition coefficient (Wildman–Crippen LogP) is 2.06. The molecule has 4 rings (SSSR count). The van der Waals surface area contributed by atoms with Crippen LogP contribution in [0.15, 0.2) is 61.1 Å². The van der Waals surface area contributed by atoms with E-state index in [0.29, 0.717) is 12.1 Å². The minimum absolute atomic E-state index is 0.329. The standard InChI is InChI=1S/C18H15FN4O/c19-14-6-4-12(5-7-14)17(13-9-22-23-10-13)11-18(17,16(20)24)15-3-1-2-8-21-15/h1-10H,11H2,(H2,20,24)(H,22,23). The van der Waals surface area contributed by atoms with Crippen LogP contribution < -0.4 is 5.73 Å². The summed E-state index contributed by atoms with van der Waals surface area (Å²) in [4.78, 5) is 16.9. The van der Waals surface area contributed by atoms with Crippen molar-refractivity contribution in [1.29, 1.82) is 0 Å². The third-order valence-corrected chi connectivity index (χ3v) is 4.98. The molecule has 1 aromatic carbocycles. The van der Waals surface area contributed by atoms with Gasteiger partial charge in [0.1, 0.15) is 11.2 Å². The van der Waals surface area contributed by atoms with E-state index in [-0.39, 0.29) is 5.82 Å². The molecule has 24 heavy (non-hydrogen) atoms. The van der Waals surface area contributed by atoms with E-state index in [0.717, 1.165) is 11.1 Å². The van der Waals surface area contributed by atoms with Gasteiger partial charge in [-0.2, -0.15) is 5.10 Å². The number of pyridine rings is 1. The SMILES string of the molecule is NC(=O)C1(c2ccccn2)CC1(c1ccc(F)cc1)c1cn[nH]c1. The summed E-state index contributed by atoms with van der Waals surface area (Å²) in [7, 11) is 0. The van der Waals surface area contributed by atoms with E-state index in [1.165, 1.54) is 12.1 Å². The lowest BCUT2D eigenvalue weighted by molar-refractivity contribution is -0.120. The molecule has 0 spiro atoms. The van der Waals surface area contributed by atoms with E-state index >= 15 is 0 Å². The molecule has 1 aliphatic carbocycles. The fraction of sp³-hybridized carbons (Fsp3) is 0.167. The normalized spacial score (nSPS) is 25.4. The molecular formula is C18H15FN4O. The summed E-state index contributed by atoms with van der Waals surface area (Å²) < 4.78 is 13.4. The second-order valence-electron chi connectivity index (χ2n) is 6.06. The molecule has 3 N–H and O–H groups in total. The molecule has 2 heterocycles. The average molecular weight is 322 g/mol. The third kappa shape index (κ3) is 1.76. The lowest BCUT2D eigenvalue weighted by Gasteiger charge is -2.23. The van der Waals surface area contributed by atoms with Crippen molar-refractivity contribution >= 4 is 5.91 Å². The van der Waals surface area contributed by atoms with E-state index in [1.54, 1.807) is 42.9 Å². The monoisotopic (exact) mass is 322 g/mol. The molecule has 0 saturated heterocycles. The Hall–Kier alpha value is -3.02. The molecular weight excluding hydrogens is 307 g/mol. The van der Waals surface area contributed by atoms with Gasteiger partial charge in [0, 0.05) is 23.4 Å². The molecule has 2 atom stereocenters. The summed E-state index contributed by atoms with van der Waals surface area (Å²) in [5.41, 5.74) is 6.41. The van der Waals surface area contributed by atoms with E-state index in [1.807, 2.05) is 6.07 Å². The van der Waals surface area contributed by atoms with Crippen LogP contribution in [0.1, 0.15) is 23.2 Å². The Labute approximate surface area is 137 Å². The van der Waals surface area contributed by atoms with Crippen molar-refractivity contribution in [3.63, 3.8) is 0 Å². The quantitative estimate of drug-likeness (QED) is 0.771. The van der Waals surface area contributed by atoms with Crippen LogP contribution in [-0.4, -0.2) is 21.1 Å². The number of aromatic amines is 1. The van der Waals surface area contributed by atoms with Gasteiger partial charge in [0.05, 0.1) is 11.9 Å². The van der Waals surface area contributed by atoms with Crippen molar-refractivity contribution in [2.24, 2.45) is 5.73 Å². The lowest BCUT2D eigenvalue weighted by atomic mass is 9.79. The Morgan fingerprint density at radius 1 is 1.17 bits per heavy atom. The predicted molar refractivity (Wildman–Crippen MR) is 85.5 cm³/mol. The molecule has 1 saturated carbocycles. The molecule has 1 fully saturated rings. The molecule has 0 bridgehead atoms. The van der Waals surface area contributed by atoms with Gasteiger partial charge in [0.25, 0.3) is 0 Å². The summed E-state index contributed by atoms with van der Waals surface area (Å²) >= 11 is 0. The molecule has 0 radical (unpaired) electrons. The number of benzene rings is 1. The Balaban J connectivity index is 1.96. The summed E-state index contributed by atoms with van der Waals surface area (Å²) in [6.07, 6.45) is 5.54. The van der Waals surface area contributed by atoms with Gasteiger partial charge in [-0.25, -0.2) is 4.39 Å². The minimum Gasteiger partial charge on any atom is -0.369 e. The Morgan fingerprint density at radius 3 is 2.54 bits per heavy atom. The molecule has 1 amide bonds. The highest BCUT2D eigenvalue weighted by Gasteiger charge is 2.74. The highest BCUT2D eigenvalue weighted by Crippen LogP contribution is 2.68. The van der Waals surface area contributed by atoms with E-state index in [4.69, 9.17) is 5.73 Å². The Morgan fingerprint density at radius 2 is 1.96 bits per heavy atom. The van der Waals surface area contributed by atoms with Crippen LogP contribution in [0.25, 0.3) is 0 Å². The molecule has 2 unspecified atom stereocenters. The van der Waals surface area contributed by atoms with Crippen LogP contribution in [0.4, 0.5) is 4.39 Å². The largest absolute Gasteiger partial charge is 0.369 e. The summed E-state index contributed by atoms with van der Waals surface area (Å²) in [6, 6.07) is 11.6. The number of carbonyl (C=O) groups is 1. The molecule has 6 heteroatoms. The first-order valence-electron chi connectivity index (χ1n) is 7.58. The number of hydrogen-bond acceptors (Lipinski definition) is 3. The van der Waals surface area contributed by atoms with Gasteiger partial charge in [-0.15, -0.1) is 0 Å². The lowest BCUT2D eigenvalue weighted by Crippen LogP contribution is -2.37. The van der Waals surface area contributed by atoms with Crippen LogP contribution in [0, 0.1) is 5.82 Å². The maximum Gasteiger partial charge on any atom is 0.230 e. The summed E-state index contributed by atoms with van der Waals surface area (Å²) in [5, 5.41) is 6.81. The first-order chi connectivity index (χ1) is 11.6. The van der Waals surface area contributed by atoms with Crippen molar-refractivity contribution in [3.8, 4) is 0 Å². The topological polar surface area (TPSA) is 84.7 Å². The van der Waals surface area contributed by atoms with Gasteiger partial charge in [-0.1, -0.05) is 18.2 Å². The molecule has 120 valence electrons. The van der Waals surface area contributed by atoms with Crippen molar-refractivity contribution in [3.05, 3.63) is 83.7 Å². The number of rotatable bonds is 4. The minimum atomic E-state index is -0.976. The second-order valence-corrected chi connectivity index (χ2v) is 6.06. The number of carbonyl (C=O) groups excluding carboxylic acids is 1. The number of aromatic nitrogens is 3. The van der Waals surface area contributed by atoms with E-state index in [2.05, 4.69) is 15.2 Å². The summed E-state index contributed by atoms with van der Waals surface area (Å²) in [5.74, 6) is -0.782. The van der Waals surface area contributed by atoms with E-state index < -0.39 is 16.7 Å². The number of nitrogens with zero attached hydrogens (tertiary/aromatic N) is 2. The zero-order valence-electron chi connectivity index (χ0n) is 12.7. The van der Waals surface area contributed by atoms with Gasteiger partial charge in [0.15, 0.2) is 0 Å². The van der Waals surface area contributed by atoms with Crippen molar-refractivity contribution in [1.82, 2.24) is 15.2 Å². The molecule has 1 aliphatic rings.